The molecule has 2 rings (SSSR count). The predicted octanol–water partition coefficient (Wildman–Crippen LogP) is 1.69. The molecule has 1 atom stereocenters. The fraction of sp³-hybridized carbons (Fsp3) is 0.400. The van der Waals surface area contributed by atoms with Crippen molar-refractivity contribution in [1.82, 2.24) is 0 Å². The van der Waals surface area contributed by atoms with E-state index in [4.69, 9.17) is 9.15 Å². The summed E-state index contributed by atoms with van der Waals surface area (Å²) in [6.45, 7) is 3.35. The molecule has 2 aromatic rings. The summed E-state index contributed by atoms with van der Waals surface area (Å²) in [6.07, 6.45) is -0.554. The van der Waals surface area contributed by atoms with Gasteiger partial charge in [-0.15, -0.1) is 0 Å². The van der Waals surface area contributed by atoms with Gasteiger partial charge in [0.1, 0.15) is 11.3 Å². The van der Waals surface area contributed by atoms with E-state index in [-0.39, 0.29) is 6.61 Å². The third-order valence-electron chi connectivity index (χ3n) is 3.07. The highest BCUT2D eigenvalue weighted by Gasteiger charge is 2.23. The first-order valence-corrected chi connectivity index (χ1v) is 6.43. The molecule has 0 saturated carbocycles. The largest absolute Gasteiger partial charge is 0.493 e. The van der Waals surface area contributed by atoms with Gasteiger partial charge in [0.25, 0.3) is 0 Å². The lowest BCUT2D eigenvalue weighted by molar-refractivity contribution is -0.0557. The molecule has 0 saturated heterocycles. The Bertz CT molecular complexity index is 638. The zero-order valence-corrected chi connectivity index (χ0v) is 11.5. The Morgan fingerprint density at radius 2 is 2.00 bits per heavy atom. The van der Waals surface area contributed by atoms with Crippen LogP contribution in [-0.4, -0.2) is 28.5 Å². The van der Waals surface area contributed by atoms with Crippen LogP contribution in [-0.2, 0) is 0 Å². The lowest BCUT2D eigenvalue weighted by Crippen LogP contribution is -2.36. The molecule has 0 aliphatic carbocycles. The highest BCUT2D eigenvalue weighted by molar-refractivity contribution is 5.77. The Morgan fingerprint density at radius 3 is 2.70 bits per heavy atom. The minimum absolute atomic E-state index is 0.258. The monoisotopic (exact) mass is 278 g/mol. The van der Waals surface area contributed by atoms with Crippen molar-refractivity contribution in [3.8, 4) is 5.75 Å². The fourth-order valence-electron chi connectivity index (χ4n) is 1.77. The predicted molar refractivity (Wildman–Crippen MR) is 74.9 cm³/mol. The highest BCUT2D eigenvalue weighted by Crippen LogP contribution is 2.20. The molecule has 5 heteroatoms. The summed E-state index contributed by atoms with van der Waals surface area (Å²) in [5, 5.41) is 20.1. The van der Waals surface area contributed by atoms with E-state index in [0.29, 0.717) is 17.8 Å². The SMILES string of the molecule is CC(C)(O)C(O)CCOc1ccc2ccc(=O)oc2c1. The van der Waals surface area contributed by atoms with Crippen LogP contribution in [0.2, 0.25) is 0 Å². The summed E-state index contributed by atoms with van der Waals surface area (Å²) < 4.78 is 10.5. The smallest absolute Gasteiger partial charge is 0.336 e. The fourth-order valence-corrected chi connectivity index (χ4v) is 1.77. The first-order chi connectivity index (χ1) is 9.36. The number of aliphatic hydroxyl groups is 2. The first kappa shape index (κ1) is 14.6. The Labute approximate surface area is 116 Å². The second-order valence-corrected chi connectivity index (χ2v) is 5.26. The molecule has 108 valence electrons. The topological polar surface area (TPSA) is 79.9 Å². The molecule has 2 N–H and O–H groups in total. The van der Waals surface area contributed by atoms with Gasteiger partial charge >= 0.3 is 5.63 Å². The molecule has 0 aliphatic rings. The van der Waals surface area contributed by atoms with E-state index < -0.39 is 17.3 Å². The molecule has 1 aromatic carbocycles. The number of hydrogen-bond acceptors (Lipinski definition) is 5. The Hall–Kier alpha value is -1.85. The van der Waals surface area contributed by atoms with E-state index in [2.05, 4.69) is 0 Å². The van der Waals surface area contributed by atoms with E-state index in [0.717, 1.165) is 5.39 Å². The first-order valence-electron chi connectivity index (χ1n) is 6.43. The van der Waals surface area contributed by atoms with Gasteiger partial charge in [0, 0.05) is 23.9 Å². The third kappa shape index (κ3) is 3.59. The summed E-state index contributed by atoms with van der Waals surface area (Å²) in [7, 11) is 0. The van der Waals surface area contributed by atoms with Gasteiger partial charge in [0.2, 0.25) is 0 Å². The van der Waals surface area contributed by atoms with Crippen molar-refractivity contribution in [2.24, 2.45) is 0 Å². The summed E-state index contributed by atoms with van der Waals surface area (Å²) in [5.41, 5.74) is -1.11. The molecule has 1 heterocycles. The van der Waals surface area contributed by atoms with Crippen LogP contribution in [0.25, 0.3) is 11.0 Å². The number of rotatable bonds is 5. The minimum atomic E-state index is -1.15. The summed E-state index contributed by atoms with van der Waals surface area (Å²) in [4.78, 5) is 11.1. The van der Waals surface area contributed by atoms with Crippen molar-refractivity contribution in [2.75, 3.05) is 6.61 Å². The number of fused-ring (bicyclic) bond motifs is 1. The van der Waals surface area contributed by atoms with E-state index in [1.807, 2.05) is 0 Å². The van der Waals surface area contributed by atoms with Crippen LogP contribution in [0.15, 0.2) is 39.5 Å². The van der Waals surface area contributed by atoms with E-state index in [1.165, 1.54) is 6.07 Å². The lowest BCUT2D eigenvalue weighted by Gasteiger charge is -2.24. The zero-order chi connectivity index (χ0) is 14.8. The highest BCUT2D eigenvalue weighted by atomic mass is 16.5. The number of ether oxygens (including phenoxy) is 1. The average molecular weight is 278 g/mol. The molecular weight excluding hydrogens is 260 g/mol. The van der Waals surface area contributed by atoms with Gasteiger partial charge in [-0.1, -0.05) is 0 Å². The Morgan fingerprint density at radius 1 is 1.30 bits per heavy atom. The second-order valence-electron chi connectivity index (χ2n) is 5.26. The molecule has 0 aliphatic heterocycles. The van der Waals surface area contributed by atoms with Crippen molar-refractivity contribution in [1.29, 1.82) is 0 Å². The van der Waals surface area contributed by atoms with Crippen molar-refractivity contribution < 1.29 is 19.4 Å². The maximum absolute atomic E-state index is 11.1. The zero-order valence-electron chi connectivity index (χ0n) is 11.5. The molecule has 5 nitrogen and oxygen atoms in total. The van der Waals surface area contributed by atoms with Crippen LogP contribution < -0.4 is 10.4 Å². The Kier molecular flexibility index (Phi) is 4.11. The summed E-state index contributed by atoms with van der Waals surface area (Å²) in [5.74, 6) is 0.551. The van der Waals surface area contributed by atoms with E-state index >= 15 is 0 Å². The molecule has 0 amide bonds. The molecular formula is C15H18O5. The van der Waals surface area contributed by atoms with Gasteiger partial charge in [0.05, 0.1) is 18.3 Å². The number of aliphatic hydroxyl groups excluding tert-OH is 1. The maximum Gasteiger partial charge on any atom is 0.336 e. The molecule has 20 heavy (non-hydrogen) atoms. The van der Waals surface area contributed by atoms with Crippen molar-refractivity contribution in [3.63, 3.8) is 0 Å². The second kappa shape index (κ2) is 5.64. The third-order valence-corrected chi connectivity index (χ3v) is 3.07. The maximum atomic E-state index is 11.1. The van der Waals surface area contributed by atoms with Gasteiger partial charge in [-0.2, -0.15) is 0 Å². The van der Waals surface area contributed by atoms with E-state index in [9.17, 15) is 15.0 Å². The van der Waals surface area contributed by atoms with Gasteiger partial charge in [0.15, 0.2) is 0 Å². The average Bonchev–Trinajstić information content (AvgIpc) is 2.37. The molecule has 0 fully saturated rings. The van der Waals surface area contributed by atoms with Crippen molar-refractivity contribution in [3.05, 3.63) is 40.8 Å². The van der Waals surface area contributed by atoms with E-state index in [1.54, 1.807) is 38.1 Å². The lowest BCUT2D eigenvalue weighted by atomic mass is 10.00. The normalized spacial score (nSPS) is 13.4. The van der Waals surface area contributed by atoms with Gasteiger partial charge < -0.3 is 19.4 Å². The van der Waals surface area contributed by atoms with Gasteiger partial charge in [-0.3, -0.25) is 0 Å². The van der Waals surface area contributed by atoms with Crippen LogP contribution in [0.4, 0.5) is 0 Å². The molecule has 0 radical (unpaired) electrons. The van der Waals surface area contributed by atoms with Crippen LogP contribution in [0.5, 0.6) is 5.75 Å². The van der Waals surface area contributed by atoms with Crippen LogP contribution in [0.3, 0.4) is 0 Å². The molecule has 0 bridgehead atoms. The molecule has 1 aromatic heterocycles. The standard InChI is InChI=1S/C15H18O5/c1-15(2,18)13(16)7-8-19-11-5-3-10-4-6-14(17)20-12(10)9-11/h3-6,9,13,16,18H,7-8H2,1-2H3. The van der Waals surface area contributed by atoms with Crippen molar-refractivity contribution in [2.45, 2.75) is 32.0 Å². The minimum Gasteiger partial charge on any atom is -0.493 e. The number of hydrogen-bond donors (Lipinski definition) is 2. The van der Waals surface area contributed by atoms with Crippen LogP contribution in [0.1, 0.15) is 20.3 Å². The summed E-state index contributed by atoms with van der Waals surface area (Å²) >= 11 is 0. The molecule has 1 unspecified atom stereocenters. The van der Waals surface area contributed by atoms with Crippen LogP contribution >= 0.6 is 0 Å². The van der Waals surface area contributed by atoms with Gasteiger partial charge in [-0.25, -0.2) is 4.79 Å². The van der Waals surface area contributed by atoms with Crippen LogP contribution in [0, 0.1) is 0 Å². The van der Waals surface area contributed by atoms with Gasteiger partial charge in [-0.05, 0) is 32.0 Å². The van der Waals surface area contributed by atoms with Crippen molar-refractivity contribution >= 4 is 11.0 Å². The Balaban J connectivity index is 2.02. The quantitative estimate of drug-likeness (QED) is 0.814. The number of benzene rings is 1. The summed E-state index contributed by atoms with van der Waals surface area (Å²) in [6, 6.07) is 8.23. The molecule has 0 spiro atoms.